The molecule has 2 rings (SSSR count). The number of nitrogens with zero attached hydrogens (tertiary/aromatic N) is 1. The Morgan fingerprint density at radius 3 is 2.41 bits per heavy atom. The molecule has 0 aromatic rings. The van der Waals surface area contributed by atoms with Crippen molar-refractivity contribution >= 4 is 8.07 Å². The summed E-state index contributed by atoms with van der Waals surface area (Å²) in [7, 11) is 0.568. The van der Waals surface area contributed by atoms with Gasteiger partial charge < -0.3 is 14.3 Å². The van der Waals surface area contributed by atoms with E-state index in [2.05, 4.69) is 25.7 Å². The molecule has 0 N–H and O–H groups in total. The van der Waals surface area contributed by atoms with Gasteiger partial charge in [-0.2, -0.15) is 0 Å². The van der Waals surface area contributed by atoms with Gasteiger partial charge in [0.25, 0.3) is 0 Å². The van der Waals surface area contributed by atoms with Crippen molar-refractivity contribution in [2.45, 2.75) is 51.4 Å². The van der Waals surface area contributed by atoms with Crippen LogP contribution in [0, 0.1) is 0 Å². The smallest absolute Gasteiger partial charge is 0.163 e. The van der Waals surface area contributed by atoms with E-state index >= 15 is 0 Å². The first-order valence-corrected chi connectivity index (χ1v) is 9.64. The highest BCUT2D eigenvalue weighted by molar-refractivity contribution is 6.82. The van der Waals surface area contributed by atoms with E-state index in [1.54, 1.807) is 0 Å². The summed E-state index contributed by atoms with van der Waals surface area (Å²) < 4.78 is 11.5. The lowest BCUT2D eigenvalue weighted by molar-refractivity contribution is -0.162. The van der Waals surface area contributed by atoms with Crippen molar-refractivity contribution in [2.75, 3.05) is 13.7 Å². The quantitative estimate of drug-likeness (QED) is 0.709. The molecule has 4 nitrogen and oxygen atoms in total. The van der Waals surface area contributed by atoms with Crippen molar-refractivity contribution in [1.29, 1.82) is 0 Å². The molecule has 2 aliphatic rings. The zero-order chi connectivity index (χ0) is 12.8. The van der Waals surface area contributed by atoms with E-state index in [0.717, 1.165) is 5.38 Å². The molecule has 0 aromatic carbocycles. The molecule has 17 heavy (non-hydrogen) atoms. The van der Waals surface area contributed by atoms with Gasteiger partial charge in [-0.25, -0.2) is 0 Å². The van der Waals surface area contributed by atoms with Gasteiger partial charge in [-0.1, -0.05) is 19.6 Å². The summed E-state index contributed by atoms with van der Waals surface area (Å²) in [5, 5.41) is 3.03. The zero-order valence-corrected chi connectivity index (χ0v) is 12.6. The van der Waals surface area contributed by atoms with E-state index in [1.165, 1.54) is 0 Å². The van der Waals surface area contributed by atoms with Crippen molar-refractivity contribution in [3.8, 4) is 0 Å². The predicted molar refractivity (Wildman–Crippen MR) is 69.0 cm³/mol. The van der Waals surface area contributed by atoms with Gasteiger partial charge >= 0.3 is 0 Å². The molecule has 2 heterocycles. The van der Waals surface area contributed by atoms with Gasteiger partial charge in [0.05, 0.1) is 18.0 Å². The first-order valence-electron chi connectivity index (χ1n) is 6.14. The lowest BCUT2D eigenvalue weighted by Gasteiger charge is -2.25. The van der Waals surface area contributed by atoms with E-state index in [4.69, 9.17) is 14.3 Å². The van der Waals surface area contributed by atoms with Crippen LogP contribution < -0.4 is 0 Å². The fourth-order valence-electron chi connectivity index (χ4n) is 2.12. The first kappa shape index (κ1) is 13.1. The summed E-state index contributed by atoms with van der Waals surface area (Å²) in [6.07, 6.45) is 2.27. The van der Waals surface area contributed by atoms with E-state index in [-0.39, 0.29) is 12.1 Å². The minimum atomic E-state index is -1.39. The Bertz CT molecular complexity index is 335. The van der Waals surface area contributed by atoms with E-state index in [9.17, 15) is 0 Å². The fourth-order valence-corrected chi connectivity index (χ4v) is 3.21. The first-order chi connectivity index (χ1) is 7.69. The Labute approximate surface area is 104 Å². The Balaban J connectivity index is 2.10. The maximum Gasteiger partial charge on any atom is 0.163 e. The van der Waals surface area contributed by atoms with Gasteiger partial charge in [0.1, 0.15) is 14.2 Å². The van der Waals surface area contributed by atoms with Gasteiger partial charge in [0.2, 0.25) is 0 Å². The minimum absolute atomic E-state index is 0.0591. The second kappa shape index (κ2) is 4.09. The maximum absolute atomic E-state index is 5.89. The van der Waals surface area contributed by atoms with Gasteiger partial charge in [-0.3, -0.25) is 0 Å². The van der Waals surface area contributed by atoms with Crippen molar-refractivity contribution in [1.82, 2.24) is 5.06 Å². The molecule has 5 heteroatoms. The predicted octanol–water partition coefficient (Wildman–Crippen LogP) is 2.14. The normalized spacial score (nSPS) is 33.6. The lowest BCUT2D eigenvalue weighted by Crippen LogP contribution is -2.38. The highest BCUT2D eigenvalue weighted by atomic mass is 28.3. The number of ether oxygens (including phenoxy) is 2. The molecule has 0 unspecified atom stereocenters. The van der Waals surface area contributed by atoms with Crippen molar-refractivity contribution in [2.24, 2.45) is 0 Å². The second-order valence-corrected chi connectivity index (χ2v) is 11.3. The SMILES string of the molecule is CN1OC([Si](C)(C)C)=C[C@H]1[C@@H]1COC(C)(C)O1. The highest BCUT2D eigenvalue weighted by Gasteiger charge is 2.42. The summed E-state index contributed by atoms with van der Waals surface area (Å²) in [6.45, 7) is 11.4. The Kier molecular flexibility index (Phi) is 3.14. The molecular formula is C12H23NO3Si. The molecule has 2 aliphatic heterocycles. The van der Waals surface area contributed by atoms with Crippen LogP contribution in [0.3, 0.4) is 0 Å². The Hall–Kier alpha value is -0.363. The van der Waals surface area contributed by atoms with E-state index in [0.29, 0.717) is 6.61 Å². The highest BCUT2D eigenvalue weighted by Crippen LogP contribution is 2.32. The molecule has 0 aliphatic carbocycles. The third-order valence-electron chi connectivity index (χ3n) is 3.13. The summed E-state index contributed by atoms with van der Waals surface area (Å²) in [5.74, 6) is -0.471. The third-order valence-corrected chi connectivity index (χ3v) is 4.87. The van der Waals surface area contributed by atoms with Crippen LogP contribution in [0.4, 0.5) is 0 Å². The molecule has 2 atom stereocenters. The van der Waals surface area contributed by atoms with Crippen LogP contribution in [-0.4, -0.2) is 44.7 Å². The van der Waals surface area contributed by atoms with Crippen LogP contribution in [0.1, 0.15) is 13.8 Å². The summed E-state index contributed by atoms with van der Waals surface area (Å²) in [4.78, 5) is 5.84. The number of hydroxylamine groups is 2. The fraction of sp³-hybridized carbons (Fsp3) is 0.833. The monoisotopic (exact) mass is 257 g/mol. The third kappa shape index (κ3) is 2.73. The van der Waals surface area contributed by atoms with Crippen LogP contribution in [-0.2, 0) is 14.3 Å². The zero-order valence-electron chi connectivity index (χ0n) is 11.6. The molecule has 98 valence electrons. The van der Waals surface area contributed by atoms with Crippen molar-refractivity contribution in [3.05, 3.63) is 11.5 Å². The number of hydrogen-bond donors (Lipinski definition) is 0. The van der Waals surface area contributed by atoms with Crippen LogP contribution in [0.15, 0.2) is 11.5 Å². The molecule has 0 bridgehead atoms. The van der Waals surface area contributed by atoms with Crippen molar-refractivity contribution < 1.29 is 14.3 Å². The number of rotatable bonds is 2. The molecule has 0 aromatic heterocycles. The topological polar surface area (TPSA) is 30.9 Å². The molecular weight excluding hydrogens is 234 g/mol. The van der Waals surface area contributed by atoms with Crippen LogP contribution in [0.25, 0.3) is 0 Å². The Morgan fingerprint density at radius 1 is 1.35 bits per heavy atom. The van der Waals surface area contributed by atoms with Crippen LogP contribution in [0.5, 0.6) is 0 Å². The lowest BCUT2D eigenvalue weighted by atomic mass is 10.2. The molecule has 0 spiro atoms. The van der Waals surface area contributed by atoms with Crippen molar-refractivity contribution in [3.63, 3.8) is 0 Å². The molecule has 0 saturated carbocycles. The van der Waals surface area contributed by atoms with Gasteiger partial charge in [-0.15, -0.1) is 5.06 Å². The average molecular weight is 257 g/mol. The number of likely N-dealkylation sites (N-methyl/N-ethyl adjacent to an activating group) is 1. The van der Waals surface area contributed by atoms with Crippen LogP contribution in [0.2, 0.25) is 19.6 Å². The summed E-state index contributed by atoms with van der Waals surface area (Å²) in [5.41, 5.74) is 0. The van der Waals surface area contributed by atoms with Gasteiger partial charge in [0, 0.05) is 7.05 Å². The summed E-state index contributed by atoms with van der Waals surface area (Å²) in [6, 6.07) is 0.165. The molecule has 1 fully saturated rings. The maximum atomic E-state index is 5.89. The molecule has 1 saturated heterocycles. The summed E-state index contributed by atoms with van der Waals surface area (Å²) >= 11 is 0. The van der Waals surface area contributed by atoms with E-state index < -0.39 is 13.9 Å². The van der Waals surface area contributed by atoms with Crippen LogP contribution >= 0.6 is 0 Å². The molecule has 0 amide bonds. The standard InChI is InChI=1S/C12H23NO3Si/c1-12(2)14-8-10(15-12)9-7-11(16-13(9)3)17(4,5)6/h7,9-10H,8H2,1-6H3/t9-,10-/m0/s1. The van der Waals surface area contributed by atoms with E-state index in [1.807, 2.05) is 26.0 Å². The van der Waals surface area contributed by atoms with Gasteiger partial charge in [-0.05, 0) is 19.9 Å². The van der Waals surface area contributed by atoms with Gasteiger partial charge in [0.15, 0.2) is 5.79 Å². The largest absolute Gasteiger partial charge is 0.416 e. The molecule has 0 radical (unpaired) electrons. The average Bonchev–Trinajstić information content (AvgIpc) is 2.68. The minimum Gasteiger partial charge on any atom is -0.416 e. The number of hydrogen-bond acceptors (Lipinski definition) is 4. The Morgan fingerprint density at radius 2 is 2.00 bits per heavy atom. The second-order valence-electron chi connectivity index (χ2n) is 6.28.